The lowest BCUT2D eigenvalue weighted by Crippen LogP contribution is -2.54. The molecule has 5 nitrogen and oxygen atoms in total. The van der Waals surface area contributed by atoms with Crippen LogP contribution in [-0.2, 0) is 11.3 Å². The van der Waals surface area contributed by atoms with Gasteiger partial charge < -0.3 is 5.11 Å². The highest BCUT2D eigenvalue weighted by Crippen LogP contribution is 2.67. The summed E-state index contributed by atoms with van der Waals surface area (Å²) in [5.74, 6) is 3.26. The van der Waals surface area contributed by atoms with Gasteiger partial charge in [-0.1, -0.05) is 13.8 Å². The highest BCUT2D eigenvalue weighted by Gasteiger charge is 2.61. The van der Waals surface area contributed by atoms with Gasteiger partial charge in [0, 0.05) is 12.1 Å². The minimum Gasteiger partial charge on any atom is -0.393 e. The van der Waals surface area contributed by atoms with E-state index in [1.165, 1.54) is 38.3 Å². The molecule has 0 aromatic carbocycles. The Labute approximate surface area is 179 Å². The monoisotopic (exact) mass is 409 g/mol. The van der Waals surface area contributed by atoms with Gasteiger partial charge in [0.15, 0.2) is 5.78 Å². The van der Waals surface area contributed by atoms with E-state index in [1.54, 1.807) is 10.9 Å². The van der Waals surface area contributed by atoms with Crippen molar-refractivity contribution in [2.24, 2.45) is 40.4 Å². The van der Waals surface area contributed by atoms with Crippen LogP contribution in [0.1, 0.15) is 77.2 Å². The summed E-state index contributed by atoms with van der Waals surface area (Å²) >= 11 is 0. The molecule has 1 aromatic rings. The number of fused-ring (bicyclic) bond motifs is 5. The van der Waals surface area contributed by atoms with E-state index in [1.807, 2.05) is 0 Å². The molecule has 5 heteroatoms. The minimum absolute atomic E-state index is 0.0918. The first kappa shape index (κ1) is 20.2. The standard InChI is InChI=1S/C25H35N3O2/c1-24-9-7-18(29)11-17(24)3-4-19-20-5-6-22(25(20,2)10-8-21(19)24)23(30)15-28-14-16(12-26)13-27-28/h13-14,17-22,29H,3-11,15H2,1-2H3/t17-,18-,19-,20-,21+,22+,24+,25-/m0/s1. The average molecular weight is 410 g/mol. The molecule has 0 spiro atoms. The number of carbonyl (C=O) groups is 1. The van der Waals surface area contributed by atoms with E-state index in [2.05, 4.69) is 25.0 Å². The molecule has 0 bridgehead atoms. The Bertz CT molecular complexity index is 872. The molecule has 4 saturated carbocycles. The molecule has 0 radical (unpaired) electrons. The molecule has 30 heavy (non-hydrogen) atoms. The Balaban J connectivity index is 1.34. The third-order valence-corrected chi connectivity index (χ3v) is 10.1. The summed E-state index contributed by atoms with van der Waals surface area (Å²) in [6, 6.07) is 2.09. The number of nitrogens with zero attached hydrogens (tertiary/aromatic N) is 3. The van der Waals surface area contributed by atoms with Gasteiger partial charge in [-0.15, -0.1) is 0 Å². The molecule has 1 aromatic heterocycles. The largest absolute Gasteiger partial charge is 0.393 e. The molecule has 4 aliphatic carbocycles. The van der Waals surface area contributed by atoms with Crippen molar-refractivity contribution in [3.05, 3.63) is 18.0 Å². The first-order valence-corrected chi connectivity index (χ1v) is 12.0. The number of aromatic nitrogens is 2. The predicted molar refractivity (Wildman–Crippen MR) is 113 cm³/mol. The van der Waals surface area contributed by atoms with Crippen LogP contribution in [0.5, 0.6) is 0 Å². The van der Waals surface area contributed by atoms with Crippen molar-refractivity contribution >= 4 is 5.78 Å². The molecule has 8 atom stereocenters. The van der Waals surface area contributed by atoms with Crippen LogP contribution in [0.25, 0.3) is 0 Å². The maximum Gasteiger partial charge on any atom is 0.157 e. The van der Waals surface area contributed by atoms with Crippen molar-refractivity contribution in [3.8, 4) is 6.07 Å². The van der Waals surface area contributed by atoms with Crippen molar-refractivity contribution in [2.75, 3.05) is 0 Å². The molecule has 162 valence electrons. The molecular formula is C25H35N3O2. The van der Waals surface area contributed by atoms with Crippen LogP contribution >= 0.6 is 0 Å². The number of carbonyl (C=O) groups excluding carboxylic acids is 1. The van der Waals surface area contributed by atoms with Crippen molar-refractivity contribution in [3.63, 3.8) is 0 Å². The molecule has 0 saturated heterocycles. The van der Waals surface area contributed by atoms with Crippen molar-refractivity contribution in [1.82, 2.24) is 9.78 Å². The molecule has 0 amide bonds. The molecule has 0 unspecified atom stereocenters. The molecular weight excluding hydrogens is 374 g/mol. The van der Waals surface area contributed by atoms with Crippen molar-refractivity contribution in [1.29, 1.82) is 5.26 Å². The Kier molecular flexibility index (Phi) is 4.85. The SMILES string of the molecule is C[C@@]12CC[C@H](O)C[C@@H]1CC[C@@H]1[C@H]2CC[C@]2(C)[C@@H](C(=O)Cn3cc(C#N)cn3)CC[C@@H]12. The van der Waals surface area contributed by atoms with Gasteiger partial charge >= 0.3 is 0 Å². The first-order chi connectivity index (χ1) is 14.3. The zero-order chi connectivity index (χ0) is 21.1. The summed E-state index contributed by atoms with van der Waals surface area (Å²) in [6.45, 7) is 5.21. The van der Waals surface area contributed by atoms with Gasteiger partial charge in [0.1, 0.15) is 6.07 Å². The van der Waals surface area contributed by atoms with E-state index in [0.29, 0.717) is 35.1 Å². The van der Waals surface area contributed by atoms with Crippen LogP contribution in [0.3, 0.4) is 0 Å². The lowest BCUT2D eigenvalue weighted by molar-refractivity contribution is -0.140. The van der Waals surface area contributed by atoms with Crippen LogP contribution in [0.15, 0.2) is 12.4 Å². The van der Waals surface area contributed by atoms with Gasteiger partial charge in [-0.2, -0.15) is 10.4 Å². The van der Waals surface area contributed by atoms with Crippen LogP contribution in [-0.4, -0.2) is 26.8 Å². The van der Waals surface area contributed by atoms with Gasteiger partial charge in [0.2, 0.25) is 0 Å². The fraction of sp³-hybridized carbons (Fsp3) is 0.800. The number of hydrogen-bond donors (Lipinski definition) is 1. The predicted octanol–water partition coefficient (Wildman–Crippen LogP) is 4.34. The van der Waals surface area contributed by atoms with Gasteiger partial charge in [0.25, 0.3) is 0 Å². The maximum absolute atomic E-state index is 13.3. The first-order valence-electron chi connectivity index (χ1n) is 12.0. The zero-order valence-electron chi connectivity index (χ0n) is 18.4. The zero-order valence-corrected chi connectivity index (χ0v) is 18.4. The highest BCUT2D eigenvalue weighted by molar-refractivity contribution is 5.82. The van der Waals surface area contributed by atoms with Crippen molar-refractivity contribution in [2.45, 2.75) is 84.3 Å². The third kappa shape index (κ3) is 2.98. The number of Topliss-reactive ketones (excluding diaryl/α,β-unsaturated/α-hetero) is 1. The summed E-state index contributed by atoms with van der Waals surface area (Å²) in [7, 11) is 0. The number of hydrogen-bond acceptors (Lipinski definition) is 4. The summed E-state index contributed by atoms with van der Waals surface area (Å²) in [5.41, 5.74) is 1.01. The molecule has 4 aliphatic rings. The molecule has 0 aliphatic heterocycles. The summed E-state index contributed by atoms with van der Waals surface area (Å²) in [6.07, 6.45) is 13.4. The van der Waals surface area contributed by atoms with E-state index in [0.717, 1.165) is 37.5 Å². The summed E-state index contributed by atoms with van der Waals surface area (Å²) in [4.78, 5) is 13.3. The molecule has 4 fully saturated rings. The summed E-state index contributed by atoms with van der Waals surface area (Å²) in [5, 5.41) is 23.4. The molecule has 1 heterocycles. The van der Waals surface area contributed by atoms with Gasteiger partial charge in [-0.25, -0.2) is 0 Å². The minimum atomic E-state index is -0.0918. The number of aliphatic hydroxyl groups excluding tert-OH is 1. The Morgan fingerprint density at radius 1 is 1.17 bits per heavy atom. The normalized spacial score (nSPS) is 45.1. The van der Waals surface area contributed by atoms with Gasteiger partial charge in [-0.05, 0) is 92.3 Å². The maximum atomic E-state index is 13.3. The van der Waals surface area contributed by atoms with E-state index in [4.69, 9.17) is 5.26 Å². The quantitative estimate of drug-likeness (QED) is 0.805. The van der Waals surface area contributed by atoms with Crippen LogP contribution in [0, 0.1) is 51.8 Å². The van der Waals surface area contributed by atoms with E-state index in [9.17, 15) is 9.90 Å². The second-order valence-electron chi connectivity index (χ2n) is 11.3. The second kappa shape index (κ2) is 7.19. The third-order valence-electron chi connectivity index (χ3n) is 10.1. The smallest absolute Gasteiger partial charge is 0.157 e. The van der Waals surface area contributed by atoms with Crippen molar-refractivity contribution < 1.29 is 9.90 Å². The summed E-state index contributed by atoms with van der Waals surface area (Å²) < 4.78 is 1.64. The fourth-order valence-electron chi connectivity index (χ4n) is 8.54. The van der Waals surface area contributed by atoms with Crippen LogP contribution in [0.4, 0.5) is 0 Å². The second-order valence-corrected chi connectivity index (χ2v) is 11.3. The van der Waals surface area contributed by atoms with E-state index >= 15 is 0 Å². The molecule has 1 N–H and O–H groups in total. The van der Waals surface area contributed by atoms with Crippen LogP contribution in [0.2, 0.25) is 0 Å². The number of aliphatic hydroxyl groups is 1. The van der Waals surface area contributed by atoms with E-state index in [-0.39, 0.29) is 17.4 Å². The van der Waals surface area contributed by atoms with Crippen LogP contribution < -0.4 is 0 Å². The van der Waals surface area contributed by atoms with Gasteiger partial charge in [-0.3, -0.25) is 9.48 Å². The van der Waals surface area contributed by atoms with E-state index < -0.39 is 0 Å². The Hall–Kier alpha value is -1.67. The fourth-order valence-corrected chi connectivity index (χ4v) is 8.54. The van der Waals surface area contributed by atoms with Gasteiger partial charge in [0.05, 0.1) is 24.4 Å². The lowest BCUT2D eigenvalue weighted by Gasteiger charge is -2.60. The highest BCUT2D eigenvalue weighted by atomic mass is 16.3. The Morgan fingerprint density at radius 2 is 1.93 bits per heavy atom. The number of ketones is 1. The molecule has 5 rings (SSSR count). The lowest BCUT2D eigenvalue weighted by atomic mass is 9.44. The number of rotatable bonds is 3. The average Bonchev–Trinajstić information content (AvgIpc) is 3.32. The topological polar surface area (TPSA) is 78.9 Å². The number of nitriles is 1. The Morgan fingerprint density at radius 3 is 2.70 bits per heavy atom.